The predicted molar refractivity (Wildman–Crippen MR) is 93.0 cm³/mol. The van der Waals surface area contributed by atoms with Gasteiger partial charge in [0, 0.05) is 13.1 Å². The largest absolute Gasteiger partial charge is 0.337 e. The Labute approximate surface area is 145 Å². The highest BCUT2D eigenvalue weighted by Crippen LogP contribution is 2.32. The molecule has 24 heavy (non-hydrogen) atoms. The quantitative estimate of drug-likeness (QED) is 0.836. The van der Waals surface area contributed by atoms with Gasteiger partial charge in [-0.3, -0.25) is 9.48 Å². The van der Waals surface area contributed by atoms with Crippen LogP contribution in [0.2, 0.25) is 0 Å². The lowest BCUT2D eigenvalue weighted by molar-refractivity contribution is 0.0786. The lowest BCUT2D eigenvalue weighted by Crippen LogP contribution is -2.28. The number of thiophene rings is 1. The Morgan fingerprint density at radius 2 is 2.08 bits per heavy atom. The molecule has 4 heterocycles. The van der Waals surface area contributed by atoms with E-state index in [-0.39, 0.29) is 23.5 Å². The summed E-state index contributed by atoms with van der Waals surface area (Å²) >= 11 is 1.57. The number of aromatic nitrogens is 2. The molecule has 128 valence electrons. The zero-order valence-corrected chi connectivity index (χ0v) is 14.9. The first-order valence-electron chi connectivity index (χ1n) is 8.17. The Kier molecular flexibility index (Phi) is 3.96. The minimum Gasteiger partial charge on any atom is -0.337 e. The van der Waals surface area contributed by atoms with Crippen LogP contribution in [0.4, 0.5) is 0 Å². The summed E-state index contributed by atoms with van der Waals surface area (Å²) in [5.41, 5.74) is 1.26. The molecule has 0 spiro atoms. The maximum absolute atomic E-state index is 12.7. The van der Waals surface area contributed by atoms with Gasteiger partial charge in [-0.2, -0.15) is 5.10 Å². The van der Waals surface area contributed by atoms with Crippen molar-refractivity contribution in [3.63, 3.8) is 0 Å². The van der Waals surface area contributed by atoms with Crippen LogP contribution in [0.1, 0.15) is 35.8 Å². The van der Waals surface area contributed by atoms with Gasteiger partial charge in [-0.1, -0.05) is 6.07 Å². The van der Waals surface area contributed by atoms with Crippen molar-refractivity contribution in [2.24, 2.45) is 0 Å². The van der Waals surface area contributed by atoms with Gasteiger partial charge < -0.3 is 4.90 Å². The van der Waals surface area contributed by atoms with E-state index >= 15 is 0 Å². The van der Waals surface area contributed by atoms with Crippen LogP contribution in [-0.4, -0.2) is 53.6 Å². The first-order valence-corrected chi connectivity index (χ1v) is 10.9. The number of rotatable bonds is 3. The van der Waals surface area contributed by atoms with Crippen LogP contribution < -0.4 is 0 Å². The van der Waals surface area contributed by atoms with Crippen molar-refractivity contribution in [1.82, 2.24) is 14.7 Å². The summed E-state index contributed by atoms with van der Waals surface area (Å²) < 4.78 is 25.5. The Morgan fingerprint density at radius 3 is 2.71 bits per heavy atom. The van der Waals surface area contributed by atoms with Crippen LogP contribution in [0, 0.1) is 0 Å². The molecule has 4 rings (SSSR count). The summed E-state index contributed by atoms with van der Waals surface area (Å²) in [7, 11) is -3.01. The Balaban J connectivity index is 1.72. The number of amides is 1. The van der Waals surface area contributed by atoms with Gasteiger partial charge in [-0.05, 0) is 36.8 Å². The minimum absolute atomic E-state index is 0.0510. The molecule has 0 bridgehead atoms. The summed E-state index contributed by atoms with van der Waals surface area (Å²) in [5, 5.41) is 6.50. The lowest BCUT2D eigenvalue weighted by Gasteiger charge is -2.14. The Bertz CT molecular complexity index is 849. The van der Waals surface area contributed by atoms with Crippen LogP contribution >= 0.6 is 11.3 Å². The highest BCUT2D eigenvalue weighted by Gasteiger charge is 2.33. The fraction of sp³-hybridized carbons (Fsp3) is 0.500. The van der Waals surface area contributed by atoms with Crippen LogP contribution in [0.3, 0.4) is 0 Å². The van der Waals surface area contributed by atoms with E-state index in [0.717, 1.165) is 36.5 Å². The van der Waals surface area contributed by atoms with E-state index in [1.807, 2.05) is 28.5 Å². The molecule has 1 atom stereocenters. The van der Waals surface area contributed by atoms with Crippen molar-refractivity contribution in [2.45, 2.75) is 25.3 Å². The number of sulfone groups is 1. The van der Waals surface area contributed by atoms with Gasteiger partial charge in [0.2, 0.25) is 0 Å². The zero-order valence-electron chi connectivity index (χ0n) is 13.2. The predicted octanol–water partition coefficient (Wildman–Crippen LogP) is 2.21. The Hall–Kier alpha value is -1.67. The second-order valence-corrected chi connectivity index (χ2v) is 9.57. The summed E-state index contributed by atoms with van der Waals surface area (Å²) in [6.45, 7) is 1.55. The average molecular weight is 365 g/mol. The molecule has 0 N–H and O–H groups in total. The second kappa shape index (κ2) is 6.00. The number of likely N-dealkylation sites (tertiary alicyclic amines) is 1. The van der Waals surface area contributed by atoms with E-state index in [9.17, 15) is 13.2 Å². The maximum atomic E-state index is 12.7. The number of hydrogen-bond donors (Lipinski definition) is 0. The number of carbonyl (C=O) groups is 1. The highest BCUT2D eigenvalue weighted by atomic mass is 32.2. The molecule has 2 aliphatic rings. The number of hydrogen-bond acceptors (Lipinski definition) is 5. The van der Waals surface area contributed by atoms with Gasteiger partial charge in [0.05, 0.1) is 28.1 Å². The van der Waals surface area contributed by atoms with E-state index in [2.05, 4.69) is 5.10 Å². The molecule has 0 aliphatic carbocycles. The van der Waals surface area contributed by atoms with Crippen molar-refractivity contribution in [3.8, 4) is 10.6 Å². The second-order valence-electron chi connectivity index (χ2n) is 6.39. The summed E-state index contributed by atoms with van der Waals surface area (Å²) in [4.78, 5) is 15.5. The van der Waals surface area contributed by atoms with Gasteiger partial charge in [-0.15, -0.1) is 11.3 Å². The molecule has 0 saturated carbocycles. The smallest absolute Gasteiger partial charge is 0.274 e. The van der Waals surface area contributed by atoms with Crippen LogP contribution in [-0.2, 0) is 9.84 Å². The fourth-order valence-corrected chi connectivity index (χ4v) is 5.86. The van der Waals surface area contributed by atoms with Crippen molar-refractivity contribution >= 4 is 27.1 Å². The molecule has 0 radical (unpaired) electrons. The van der Waals surface area contributed by atoms with Crippen LogP contribution in [0.15, 0.2) is 23.6 Å². The lowest BCUT2D eigenvalue weighted by atomic mass is 10.2. The van der Waals surface area contributed by atoms with Crippen molar-refractivity contribution in [2.75, 3.05) is 24.6 Å². The topological polar surface area (TPSA) is 72.3 Å². The van der Waals surface area contributed by atoms with Gasteiger partial charge in [0.15, 0.2) is 15.5 Å². The molecule has 2 aromatic heterocycles. The molecular weight excluding hydrogens is 346 g/mol. The van der Waals surface area contributed by atoms with Crippen molar-refractivity contribution < 1.29 is 13.2 Å². The van der Waals surface area contributed by atoms with Gasteiger partial charge in [0.1, 0.15) is 0 Å². The first-order chi connectivity index (χ1) is 11.5. The maximum Gasteiger partial charge on any atom is 0.274 e. The van der Waals surface area contributed by atoms with E-state index < -0.39 is 9.84 Å². The summed E-state index contributed by atoms with van der Waals surface area (Å²) in [5.74, 6) is 0.242. The molecule has 2 aromatic rings. The third kappa shape index (κ3) is 2.88. The SMILES string of the molecule is O=C(c1cc(-c2cccs2)n(C2CCS(=O)(=O)C2)n1)N1CCCC1. The molecule has 2 aliphatic heterocycles. The van der Waals surface area contributed by atoms with Crippen molar-refractivity contribution in [3.05, 3.63) is 29.3 Å². The van der Waals surface area contributed by atoms with Gasteiger partial charge in [-0.25, -0.2) is 8.42 Å². The fourth-order valence-electron chi connectivity index (χ4n) is 3.44. The minimum atomic E-state index is -3.01. The number of nitrogens with zero attached hydrogens (tertiary/aromatic N) is 3. The number of carbonyl (C=O) groups excluding carboxylic acids is 1. The first kappa shape index (κ1) is 15.8. The Morgan fingerprint density at radius 1 is 1.29 bits per heavy atom. The van der Waals surface area contributed by atoms with Crippen LogP contribution in [0.25, 0.3) is 10.6 Å². The summed E-state index contributed by atoms with van der Waals surface area (Å²) in [6, 6.07) is 5.56. The third-order valence-electron chi connectivity index (χ3n) is 4.68. The standard InChI is InChI=1S/C16H19N3O3S2/c20-16(18-6-1-2-7-18)13-10-14(15-4-3-8-23-15)19(17-13)12-5-9-24(21,22)11-12/h3-4,8,10,12H,1-2,5-7,9,11H2. The van der Waals surface area contributed by atoms with Crippen LogP contribution in [0.5, 0.6) is 0 Å². The summed E-state index contributed by atoms with van der Waals surface area (Å²) in [6.07, 6.45) is 2.62. The van der Waals surface area contributed by atoms with Gasteiger partial charge in [0.25, 0.3) is 5.91 Å². The zero-order chi connectivity index (χ0) is 16.7. The monoisotopic (exact) mass is 365 g/mol. The third-order valence-corrected chi connectivity index (χ3v) is 7.32. The van der Waals surface area contributed by atoms with E-state index in [4.69, 9.17) is 0 Å². The molecule has 8 heteroatoms. The molecule has 0 aromatic carbocycles. The molecule has 2 fully saturated rings. The normalized spacial score (nSPS) is 23.0. The molecular formula is C16H19N3O3S2. The molecule has 1 amide bonds. The van der Waals surface area contributed by atoms with Gasteiger partial charge >= 0.3 is 0 Å². The highest BCUT2D eigenvalue weighted by molar-refractivity contribution is 7.91. The molecule has 2 saturated heterocycles. The van der Waals surface area contributed by atoms with Crippen molar-refractivity contribution in [1.29, 1.82) is 0 Å². The molecule has 6 nitrogen and oxygen atoms in total. The van der Waals surface area contributed by atoms with E-state index in [1.54, 1.807) is 16.0 Å². The van der Waals surface area contributed by atoms with E-state index in [0.29, 0.717) is 12.1 Å². The molecule has 1 unspecified atom stereocenters. The average Bonchev–Trinajstić information content (AvgIpc) is 3.32. The van der Waals surface area contributed by atoms with E-state index in [1.165, 1.54) is 0 Å².